The van der Waals surface area contributed by atoms with E-state index in [1.165, 1.54) is 13.7 Å². The maximum absolute atomic E-state index is 4.93. The standard InChI is InChI=1S/C3H5B3O/c1-2-3-7-6-5-4/h2H,1,3H2. The predicted octanol–water partition coefficient (Wildman–Crippen LogP) is -0.489. The second kappa shape index (κ2) is 5.73. The van der Waals surface area contributed by atoms with Gasteiger partial charge in [-0.2, -0.15) is 0 Å². The number of hydrogen-bond donors (Lipinski definition) is 0. The topological polar surface area (TPSA) is 9.23 Å². The van der Waals surface area contributed by atoms with Crippen LogP contribution in [0.1, 0.15) is 0 Å². The van der Waals surface area contributed by atoms with Crippen molar-refractivity contribution in [2.24, 2.45) is 0 Å². The van der Waals surface area contributed by atoms with Crippen LogP contribution < -0.4 is 0 Å². The molecule has 0 aliphatic carbocycles. The first-order valence-electron chi connectivity index (χ1n) is 2.01. The fourth-order valence-corrected chi connectivity index (χ4v) is 0.179. The van der Waals surface area contributed by atoms with Crippen LogP contribution in [0.5, 0.6) is 0 Å². The van der Waals surface area contributed by atoms with Crippen molar-refractivity contribution >= 4 is 21.4 Å². The van der Waals surface area contributed by atoms with Gasteiger partial charge in [-0.05, 0) is 0 Å². The third-order valence-electron chi connectivity index (χ3n) is 0.389. The Kier molecular flexibility index (Phi) is 5.52. The summed E-state index contributed by atoms with van der Waals surface area (Å²) in [6.45, 7) is 5.29. The average molecular weight is 89.5 g/mol. The molecule has 1 nitrogen and oxygen atoms in total. The van der Waals surface area contributed by atoms with Crippen LogP contribution in [-0.2, 0) is 4.65 Å². The monoisotopic (exact) mass is 90.1 g/mol. The Labute approximate surface area is 46.3 Å². The van der Waals surface area contributed by atoms with Crippen LogP contribution in [0.2, 0.25) is 0 Å². The zero-order valence-corrected chi connectivity index (χ0v) is 4.13. The zero-order chi connectivity index (χ0) is 5.54. The van der Waals surface area contributed by atoms with Gasteiger partial charge in [0.2, 0.25) is 0 Å². The Bertz CT molecular complexity index is 70.6. The van der Waals surface area contributed by atoms with Crippen molar-refractivity contribution in [2.45, 2.75) is 0 Å². The molecule has 0 spiro atoms. The summed E-state index contributed by atoms with van der Waals surface area (Å²) in [4.78, 5) is 0. The molecular formula is C3H5B3O. The molecule has 0 saturated heterocycles. The molecule has 0 fully saturated rings. The Balaban J connectivity index is 2.82. The summed E-state index contributed by atoms with van der Waals surface area (Å²) in [5.41, 5.74) is 0. The molecule has 0 amide bonds. The van der Waals surface area contributed by atoms with E-state index in [-0.39, 0.29) is 0 Å². The SMILES string of the molecule is [B]B=BOCC=C. The van der Waals surface area contributed by atoms with Gasteiger partial charge in [0.25, 0.3) is 0 Å². The summed E-state index contributed by atoms with van der Waals surface area (Å²) in [5.74, 6) is 0. The molecule has 32 valence electrons. The van der Waals surface area contributed by atoms with Crippen molar-refractivity contribution in [3.8, 4) is 0 Å². The van der Waals surface area contributed by atoms with Crippen LogP contribution in [0, 0.1) is 0 Å². The summed E-state index contributed by atoms with van der Waals surface area (Å²) >= 11 is 0. The van der Waals surface area contributed by atoms with Gasteiger partial charge in [-0.15, -0.1) is 0 Å². The van der Waals surface area contributed by atoms with E-state index in [1.807, 2.05) is 0 Å². The molecule has 0 saturated carbocycles. The van der Waals surface area contributed by atoms with Crippen molar-refractivity contribution in [1.29, 1.82) is 0 Å². The van der Waals surface area contributed by atoms with E-state index in [1.54, 1.807) is 6.08 Å². The van der Waals surface area contributed by atoms with E-state index in [0.717, 1.165) is 0 Å². The summed E-state index contributed by atoms with van der Waals surface area (Å²) in [6.07, 6.45) is 1.65. The maximum atomic E-state index is 4.93. The first kappa shape index (κ1) is 6.73. The fourth-order valence-electron chi connectivity index (χ4n) is 0.179. The van der Waals surface area contributed by atoms with Crippen LogP contribution in [-0.4, -0.2) is 28.0 Å². The molecule has 7 heavy (non-hydrogen) atoms. The molecular weight excluding hydrogens is 84.5 g/mol. The van der Waals surface area contributed by atoms with Crippen molar-refractivity contribution in [2.75, 3.05) is 6.61 Å². The first-order valence-corrected chi connectivity index (χ1v) is 2.01. The third-order valence-corrected chi connectivity index (χ3v) is 0.389. The van der Waals surface area contributed by atoms with Crippen LogP contribution in [0.25, 0.3) is 0 Å². The first-order chi connectivity index (χ1) is 3.41. The molecule has 0 aromatic rings. The average Bonchev–Trinajstić information content (AvgIpc) is 1.69. The van der Waals surface area contributed by atoms with Gasteiger partial charge in [-0.1, -0.05) is 0 Å². The van der Waals surface area contributed by atoms with Gasteiger partial charge in [-0.3, -0.25) is 0 Å². The molecule has 0 N–H and O–H groups in total. The van der Waals surface area contributed by atoms with Gasteiger partial charge < -0.3 is 0 Å². The Hall–Kier alpha value is -0.265. The van der Waals surface area contributed by atoms with Crippen LogP contribution in [0.15, 0.2) is 12.7 Å². The van der Waals surface area contributed by atoms with Crippen LogP contribution in [0.4, 0.5) is 0 Å². The van der Waals surface area contributed by atoms with Gasteiger partial charge in [0.1, 0.15) is 0 Å². The molecule has 0 aromatic carbocycles. The molecule has 4 heteroatoms. The minimum absolute atomic E-state index is 0.522. The Morgan fingerprint density at radius 1 is 1.86 bits per heavy atom. The Morgan fingerprint density at radius 3 is 3.00 bits per heavy atom. The fraction of sp³-hybridized carbons (Fsp3) is 0.333. The van der Waals surface area contributed by atoms with Crippen molar-refractivity contribution in [1.82, 2.24) is 0 Å². The quantitative estimate of drug-likeness (QED) is 0.258. The van der Waals surface area contributed by atoms with Crippen LogP contribution >= 0.6 is 0 Å². The molecule has 0 heterocycles. The van der Waals surface area contributed by atoms with Gasteiger partial charge in [0, 0.05) is 0 Å². The molecule has 0 atom stereocenters. The summed E-state index contributed by atoms with van der Waals surface area (Å²) in [5, 5.41) is 0. The van der Waals surface area contributed by atoms with Crippen molar-refractivity contribution in [3.63, 3.8) is 0 Å². The number of rotatable bonds is 3. The van der Waals surface area contributed by atoms with E-state index in [0.29, 0.717) is 6.61 Å². The van der Waals surface area contributed by atoms with Gasteiger partial charge in [0.15, 0.2) is 0 Å². The molecule has 2 radical (unpaired) electrons. The van der Waals surface area contributed by atoms with Crippen molar-refractivity contribution in [3.05, 3.63) is 12.7 Å². The minimum atomic E-state index is 0.522. The van der Waals surface area contributed by atoms with Gasteiger partial charge >= 0.3 is 45.4 Å². The van der Waals surface area contributed by atoms with Crippen molar-refractivity contribution < 1.29 is 4.65 Å². The second-order valence-electron chi connectivity index (χ2n) is 0.951. The summed E-state index contributed by atoms with van der Waals surface area (Å²) < 4.78 is 4.71. The van der Waals surface area contributed by atoms with Gasteiger partial charge in [0.05, 0.1) is 0 Å². The molecule has 0 bridgehead atoms. The predicted molar refractivity (Wildman–Crippen MR) is 33.4 cm³/mol. The zero-order valence-electron chi connectivity index (χ0n) is 4.13. The van der Waals surface area contributed by atoms with E-state index in [9.17, 15) is 0 Å². The Morgan fingerprint density at radius 2 is 2.57 bits per heavy atom. The van der Waals surface area contributed by atoms with E-state index < -0.39 is 0 Å². The molecule has 0 aromatic heterocycles. The molecule has 0 rings (SSSR count). The van der Waals surface area contributed by atoms with E-state index >= 15 is 0 Å². The van der Waals surface area contributed by atoms with Gasteiger partial charge in [-0.25, -0.2) is 0 Å². The molecule has 0 aliphatic heterocycles. The summed E-state index contributed by atoms with van der Waals surface area (Å²) in [7, 11) is 6.35. The third kappa shape index (κ3) is 5.73. The van der Waals surface area contributed by atoms with Crippen LogP contribution in [0.3, 0.4) is 0 Å². The summed E-state index contributed by atoms with van der Waals surface area (Å²) in [6, 6.07) is 0. The van der Waals surface area contributed by atoms with E-state index in [4.69, 9.17) is 12.4 Å². The van der Waals surface area contributed by atoms with E-state index in [2.05, 4.69) is 6.58 Å². The molecule has 0 unspecified atom stereocenters. The second-order valence-corrected chi connectivity index (χ2v) is 0.951. The normalized spacial score (nSPS) is 6.86. The molecule has 0 aliphatic rings. The number of hydrogen-bond acceptors (Lipinski definition) is 1.